The first-order chi connectivity index (χ1) is 17.5. The van der Waals surface area contributed by atoms with Crippen molar-refractivity contribution in [2.75, 3.05) is 36.4 Å². The topological polar surface area (TPSA) is 52.7 Å². The summed E-state index contributed by atoms with van der Waals surface area (Å²) in [6.45, 7) is 2.57. The van der Waals surface area contributed by atoms with Crippen LogP contribution in [0.25, 0.3) is 16.2 Å². The number of rotatable bonds is 5. The molecule has 0 unspecified atom stereocenters. The highest BCUT2D eigenvalue weighted by atomic mass is 35.5. The average molecular weight is 536 g/mol. The fraction of sp³-hybridized carbons (Fsp3) is 0.143. The molecule has 8 heteroatoms. The molecular weight excluding hydrogens is 513 g/mol. The van der Waals surface area contributed by atoms with Gasteiger partial charge in [-0.25, -0.2) is 0 Å². The number of benzene rings is 3. The zero-order chi connectivity index (χ0) is 25.1. The molecule has 1 aliphatic heterocycles. The molecule has 2 heterocycles. The van der Waals surface area contributed by atoms with Gasteiger partial charge < -0.3 is 15.1 Å². The van der Waals surface area contributed by atoms with Crippen LogP contribution in [0.4, 0.5) is 11.4 Å². The van der Waals surface area contributed by atoms with Gasteiger partial charge in [-0.2, -0.15) is 0 Å². The number of piperazine rings is 1. The van der Waals surface area contributed by atoms with Gasteiger partial charge in [-0.05, 0) is 35.9 Å². The van der Waals surface area contributed by atoms with Gasteiger partial charge >= 0.3 is 0 Å². The summed E-state index contributed by atoms with van der Waals surface area (Å²) in [6.07, 6.45) is 3.46. The van der Waals surface area contributed by atoms with Crippen LogP contribution >= 0.6 is 34.5 Å². The van der Waals surface area contributed by atoms with Crippen molar-refractivity contribution in [3.05, 3.63) is 99.4 Å². The Kier molecular flexibility index (Phi) is 7.28. The number of carbonyl (C=O) groups is 2. The molecule has 1 N–H and O–H groups in total. The molecule has 1 fully saturated rings. The van der Waals surface area contributed by atoms with Crippen molar-refractivity contribution in [1.29, 1.82) is 0 Å². The van der Waals surface area contributed by atoms with E-state index in [1.54, 1.807) is 12.1 Å². The Hall–Kier alpha value is -3.32. The van der Waals surface area contributed by atoms with Crippen LogP contribution in [0.2, 0.25) is 10.0 Å². The SMILES string of the molecule is O=C(Nc1ccc(N2CCN(C(=O)/C=C/c3ccccc3)CC2)c(Cl)c1)c1sc2ccccc2c1Cl. The van der Waals surface area contributed by atoms with Crippen molar-refractivity contribution in [3.8, 4) is 0 Å². The van der Waals surface area contributed by atoms with Crippen LogP contribution in [0.3, 0.4) is 0 Å². The Bertz CT molecular complexity index is 1440. The summed E-state index contributed by atoms with van der Waals surface area (Å²) >= 11 is 14.4. The van der Waals surface area contributed by atoms with Gasteiger partial charge in [-0.3, -0.25) is 9.59 Å². The number of anilines is 2. The van der Waals surface area contributed by atoms with E-state index in [0.717, 1.165) is 21.3 Å². The number of amides is 2. The van der Waals surface area contributed by atoms with Gasteiger partial charge in [0.15, 0.2) is 0 Å². The summed E-state index contributed by atoms with van der Waals surface area (Å²) in [6, 6.07) is 22.9. The van der Waals surface area contributed by atoms with E-state index in [0.29, 0.717) is 46.8 Å². The summed E-state index contributed by atoms with van der Waals surface area (Å²) in [4.78, 5) is 29.9. The minimum atomic E-state index is -0.263. The van der Waals surface area contributed by atoms with E-state index < -0.39 is 0 Å². The lowest BCUT2D eigenvalue weighted by Gasteiger charge is -2.36. The van der Waals surface area contributed by atoms with Gasteiger partial charge in [0.2, 0.25) is 5.91 Å². The quantitative estimate of drug-likeness (QED) is 0.285. The second kappa shape index (κ2) is 10.7. The molecule has 1 aromatic heterocycles. The number of hydrogen-bond acceptors (Lipinski definition) is 4. The van der Waals surface area contributed by atoms with E-state index in [9.17, 15) is 9.59 Å². The van der Waals surface area contributed by atoms with E-state index in [2.05, 4.69) is 10.2 Å². The third kappa shape index (κ3) is 5.26. The maximum absolute atomic E-state index is 12.9. The molecule has 0 radical (unpaired) electrons. The Balaban J connectivity index is 1.20. The van der Waals surface area contributed by atoms with Crippen LogP contribution in [0.1, 0.15) is 15.2 Å². The Labute approximate surface area is 223 Å². The summed E-state index contributed by atoms with van der Waals surface area (Å²) in [5.41, 5.74) is 2.47. The number of nitrogens with zero attached hydrogens (tertiary/aromatic N) is 2. The normalized spacial score (nSPS) is 13.9. The first-order valence-corrected chi connectivity index (χ1v) is 13.1. The third-order valence-electron chi connectivity index (χ3n) is 6.10. The van der Waals surface area contributed by atoms with E-state index in [-0.39, 0.29) is 11.8 Å². The fourth-order valence-corrected chi connectivity index (χ4v) is 5.91. The molecule has 36 heavy (non-hydrogen) atoms. The summed E-state index contributed by atoms with van der Waals surface area (Å²) in [5, 5.41) is 4.78. The molecule has 0 saturated carbocycles. The second-order valence-corrected chi connectivity index (χ2v) is 10.3. The molecule has 1 saturated heterocycles. The molecule has 0 atom stereocenters. The molecule has 2 amide bonds. The maximum Gasteiger partial charge on any atom is 0.267 e. The minimum absolute atomic E-state index is 0.00237. The van der Waals surface area contributed by atoms with E-state index >= 15 is 0 Å². The lowest BCUT2D eigenvalue weighted by molar-refractivity contribution is -0.126. The monoisotopic (exact) mass is 535 g/mol. The van der Waals surface area contributed by atoms with Gasteiger partial charge in [0.05, 0.1) is 15.7 Å². The molecule has 3 aromatic carbocycles. The van der Waals surface area contributed by atoms with Crippen LogP contribution in [-0.2, 0) is 4.79 Å². The highest BCUT2D eigenvalue weighted by Crippen LogP contribution is 2.36. The molecule has 5 rings (SSSR count). The summed E-state index contributed by atoms with van der Waals surface area (Å²) < 4.78 is 0.967. The van der Waals surface area contributed by atoms with E-state index in [1.807, 2.05) is 77.7 Å². The first-order valence-electron chi connectivity index (χ1n) is 11.5. The van der Waals surface area contributed by atoms with Crippen LogP contribution in [0.5, 0.6) is 0 Å². The average Bonchev–Trinajstić information content (AvgIpc) is 3.25. The molecule has 5 nitrogen and oxygen atoms in total. The zero-order valence-corrected chi connectivity index (χ0v) is 21.6. The predicted octanol–water partition coefficient (Wildman–Crippen LogP) is 6.82. The first kappa shape index (κ1) is 24.4. The smallest absolute Gasteiger partial charge is 0.267 e. The standard InChI is InChI=1S/C28H23Cl2N3O2S/c29-22-18-20(31-28(35)27-26(30)21-8-4-5-9-24(21)36-27)11-12-23(22)32-14-16-33(17-15-32)25(34)13-10-19-6-2-1-3-7-19/h1-13,18H,14-17H2,(H,31,35)/b13-10+. The van der Waals surface area contributed by atoms with Gasteiger partial charge in [0.1, 0.15) is 4.88 Å². The van der Waals surface area contributed by atoms with E-state index in [4.69, 9.17) is 23.2 Å². The van der Waals surface area contributed by atoms with Gasteiger partial charge in [0.25, 0.3) is 5.91 Å². The highest BCUT2D eigenvalue weighted by molar-refractivity contribution is 7.21. The molecule has 182 valence electrons. The fourth-order valence-electron chi connectivity index (χ4n) is 4.19. The molecule has 0 bridgehead atoms. The van der Waals surface area contributed by atoms with Crippen molar-refractivity contribution in [3.63, 3.8) is 0 Å². The molecule has 1 aliphatic rings. The summed E-state index contributed by atoms with van der Waals surface area (Å²) in [7, 11) is 0. The molecule has 0 spiro atoms. The van der Waals surface area contributed by atoms with Crippen molar-refractivity contribution < 1.29 is 9.59 Å². The largest absolute Gasteiger partial charge is 0.367 e. The number of fused-ring (bicyclic) bond motifs is 1. The third-order valence-corrected chi connectivity index (χ3v) is 8.07. The van der Waals surface area contributed by atoms with Crippen molar-refractivity contribution >= 4 is 73.9 Å². The maximum atomic E-state index is 12.9. The lowest BCUT2D eigenvalue weighted by atomic mass is 10.2. The van der Waals surface area contributed by atoms with Crippen LogP contribution in [0, 0.1) is 0 Å². The number of halogens is 2. The van der Waals surface area contributed by atoms with Crippen LogP contribution in [-0.4, -0.2) is 42.9 Å². The number of hydrogen-bond donors (Lipinski definition) is 1. The van der Waals surface area contributed by atoms with Crippen molar-refractivity contribution in [2.45, 2.75) is 0 Å². The zero-order valence-electron chi connectivity index (χ0n) is 19.3. The number of carbonyl (C=O) groups excluding carboxylic acids is 2. The Morgan fingerprint density at radius 3 is 2.33 bits per heavy atom. The minimum Gasteiger partial charge on any atom is -0.367 e. The van der Waals surface area contributed by atoms with E-state index in [1.165, 1.54) is 11.3 Å². The molecule has 0 aliphatic carbocycles. The predicted molar refractivity (Wildman–Crippen MR) is 151 cm³/mol. The number of nitrogens with one attached hydrogen (secondary N) is 1. The molecule has 4 aromatic rings. The lowest BCUT2D eigenvalue weighted by Crippen LogP contribution is -2.48. The molecular formula is C28H23Cl2N3O2S. The Morgan fingerprint density at radius 2 is 1.61 bits per heavy atom. The van der Waals surface area contributed by atoms with Crippen LogP contribution in [0.15, 0.2) is 78.9 Å². The van der Waals surface area contributed by atoms with Crippen molar-refractivity contribution in [1.82, 2.24) is 4.90 Å². The number of thiophene rings is 1. The summed E-state index contributed by atoms with van der Waals surface area (Å²) in [5.74, 6) is -0.261. The second-order valence-electron chi connectivity index (χ2n) is 8.42. The van der Waals surface area contributed by atoms with Crippen LogP contribution < -0.4 is 10.2 Å². The highest BCUT2D eigenvalue weighted by Gasteiger charge is 2.22. The van der Waals surface area contributed by atoms with Gasteiger partial charge in [0, 0.05) is 48.0 Å². The van der Waals surface area contributed by atoms with Crippen molar-refractivity contribution in [2.24, 2.45) is 0 Å². The Morgan fingerprint density at radius 1 is 0.889 bits per heavy atom. The van der Waals surface area contributed by atoms with Gasteiger partial charge in [-0.1, -0.05) is 71.7 Å². The van der Waals surface area contributed by atoms with Gasteiger partial charge in [-0.15, -0.1) is 11.3 Å².